The van der Waals surface area contributed by atoms with Crippen LogP contribution in [0.15, 0.2) is 91.3 Å². The lowest BCUT2D eigenvalue weighted by molar-refractivity contribution is 0.0763. The molecule has 1 amide bonds. The number of hydrogen-bond donors (Lipinski definition) is 0. The molecule has 1 saturated heterocycles. The number of amides is 1. The number of benzene rings is 3. The van der Waals surface area contributed by atoms with E-state index in [1.807, 2.05) is 21.8 Å². The molecule has 7 rings (SSSR count). The lowest BCUT2D eigenvalue weighted by atomic mass is 9.86. The van der Waals surface area contributed by atoms with Gasteiger partial charge in [-0.15, -0.1) is 0 Å². The Labute approximate surface area is 225 Å². The molecule has 7 heteroatoms. The van der Waals surface area contributed by atoms with Crippen LogP contribution in [0.4, 0.5) is 4.39 Å². The molecule has 2 aromatic heterocycles. The fourth-order valence-electron chi connectivity index (χ4n) is 6.70. The third-order valence-corrected chi connectivity index (χ3v) is 8.50. The highest BCUT2D eigenvalue weighted by atomic mass is 19.1. The molecule has 5 aromatic rings. The van der Waals surface area contributed by atoms with E-state index in [2.05, 4.69) is 53.4 Å². The predicted molar refractivity (Wildman–Crippen MR) is 147 cm³/mol. The quantitative estimate of drug-likeness (QED) is 0.300. The molecule has 0 N–H and O–H groups in total. The number of rotatable bonds is 5. The van der Waals surface area contributed by atoms with E-state index in [9.17, 15) is 9.18 Å². The van der Waals surface area contributed by atoms with Gasteiger partial charge in [0.2, 0.25) is 0 Å². The minimum atomic E-state index is -0.274. The number of methoxy groups -OCH3 is 1. The van der Waals surface area contributed by atoms with Gasteiger partial charge in [0, 0.05) is 42.1 Å². The molecule has 2 aliphatic rings. The lowest BCUT2D eigenvalue weighted by Crippen LogP contribution is -2.35. The first-order valence-electron chi connectivity index (χ1n) is 13.1. The van der Waals surface area contributed by atoms with Crippen molar-refractivity contribution in [1.29, 1.82) is 0 Å². The topological polar surface area (TPSA) is 60.2 Å². The Morgan fingerprint density at radius 1 is 1.05 bits per heavy atom. The second-order valence-electron chi connectivity index (χ2n) is 10.6. The van der Waals surface area contributed by atoms with Crippen LogP contribution in [0.5, 0.6) is 5.75 Å². The summed E-state index contributed by atoms with van der Waals surface area (Å²) in [6.45, 7) is 3.42. The second-order valence-corrected chi connectivity index (χ2v) is 10.6. The molecule has 6 nitrogen and oxygen atoms in total. The Bertz CT molecular complexity index is 1720. The number of hydrogen-bond acceptors (Lipinski definition) is 4. The fraction of sp³-hybridized carbons (Fsp3) is 0.219. The van der Waals surface area contributed by atoms with Crippen molar-refractivity contribution >= 4 is 16.8 Å². The lowest BCUT2D eigenvalue weighted by Gasteiger charge is -2.25. The van der Waals surface area contributed by atoms with Crippen molar-refractivity contribution in [2.45, 2.75) is 18.3 Å². The Balaban J connectivity index is 1.29. The standard InChI is InChI=1S/C32H27FN4O2/c1-20-14-29-22(17-35-37(29)24-10-8-23(33)9-11-24)15-26(20)32-19-36(31(38)28-16-25(39-2)12-13-34-28)18-27(32)30(32)21-6-4-3-5-7-21/h3-17,27,30H,18-19H2,1-2H3. The number of piperidine rings is 1. The normalized spacial score (nSPS) is 21.7. The van der Waals surface area contributed by atoms with Crippen molar-refractivity contribution in [3.05, 3.63) is 119 Å². The molecule has 2 fully saturated rings. The van der Waals surface area contributed by atoms with Crippen LogP contribution in [0.25, 0.3) is 16.6 Å². The number of carbonyl (C=O) groups is 1. The van der Waals surface area contributed by atoms with Gasteiger partial charge in [-0.2, -0.15) is 5.10 Å². The van der Waals surface area contributed by atoms with Crippen molar-refractivity contribution in [1.82, 2.24) is 19.7 Å². The first-order valence-corrected chi connectivity index (χ1v) is 13.1. The minimum Gasteiger partial charge on any atom is -0.497 e. The van der Waals surface area contributed by atoms with Gasteiger partial charge in [0.25, 0.3) is 5.91 Å². The number of aromatic nitrogens is 3. The monoisotopic (exact) mass is 518 g/mol. The van der Waals surface area contributed by atoms with E-state index in [0.29, 0.717) is 36.4 Å². The van der Waals surface area contributed by atoms with Gasteiger partial charge in [0.05, 0.1) is 24.5 Å². The summed E-state index contributed by atoms with van der Waals surface area (Å²) in [6, 6.07) is 24.8. The largest absolute Gasteiger partial charge is 0.497 e. The van der Waals surface area contributed by atoms with Crippen LogP contribution in [0.3, 0.4) is 0 Å². The number of pyridine rings is 1. The summed E-state index contributed by atoms with van der Waals surface area (Å²) in [6.07, 6.45) is 3.48. The van der Waals surface area contributed by atoms with Crippen LogP contribution >= 0.6 is 0 Å². The number of ether oxygens (including phenoxy) is 1. The van der Waals surface area contributed by atoms with Gasteiger partial charge in [0.1, 0.15) is 17.3 Å². The van der Waals surface area contributed by atoms with Gasteiger partial charge in [-0.1, -0.05) is 30.3 Å². The summed E-state index contributed by atoms with van der Waals surface area (Å²) in [5, 5.41) is 5.65. The summed E-state index contributed by atoms with van der Waals surface area (Å²) < 4.78 is 20.7. The molecule has 0 spiro atoms. The Morgan fingerprint density at radius 3 is 2.62 bits per heavy atom. The number of carbonyl (C=O) groups excluding carboxylic acids is 1. The Hall–Kier alpha value is -4.52. The maximum atomic E-state index is 13.5. The molecule has 39 heavy (non-hydrogen) atoms. The Kier molecular flexibility index (Phi) is 5.30. The van der Waals surface area contributed by atoms with Gasteiger partial charge < -0.3 is 9.64 Å². The van der Waals surface area contributed by atoms with E-state index in [-0.39, 0.29) is 17.1 Å². The molecule has 1 aliphatic heterocycles. The van der Waals surface area contributed by atoms with Crippen molar-refractivity contribution in [2.75, 3.05) is 20.2 Å². The predicted octanol–water partition coefficient (Wildman–Crippen LogP) is 5.68. The molecular weight excluding hydrogens is 491 g/mol. The molecule has 0 radical (unpaired) electrons. The number of halogens is 1. The van der Waals surface area contributed by atoms with Crippen LogP contribution in [0.2, 0.25) is 0 Å². The van der Waals surface area contributed by atoms with Crippen molar-refractivity contribution in [2.24, 2.45) is 5.92 Å². The van der Waals surface area contributed by atoms with E-state index in [1.54, 1.807) is 37.6 Å². The molecule has 1 aliphatic carbocycles. The first-order chi connectivity index (χ1) is 19.0. The smallest absolute Gasteiger partial charge is 0.272 e. The van der Waals surface area contributed by atoms with Gasteiger partial charge in [-0.3, -0.25) is 9.78 Å². The van der Waals surface area contributed by atoms with Crippen molar-refractivity contribution in [3.63, 3.8) is 0 Å². The maximum absolute atomic E-state index is 13.5. The number of likely N-dealkylation sites (tertiary alicyclic amines) is 1. The summed E-state index contributed by atoms with van der Waals surface area (Å²) >= 11 is 0. The SMILES string of the molecule is COc1ccnc(C(=O)N2CC3C(c4ccccc4)C3(c3cc4cnn(-c5ccc(F)cc5)c4cc3C)C2)c1. The highest BCUT2D eigenvalue weighted by molar-refractivity contribution is 5.93. The van der Waals surface area contributed by atoms with Gasteiger partial charge >= 0.3 is 0 Å². The molecule has 3 aromatic carbocycles. The average Bonchev–Trinajstić information content (AvgIpc) is 3.23. The third-order valence-electron chi connectivity index (χ3n) is 8.50. The number of fused-ring (bicyclic) bond motifs is 2. The maximum Gasteiger partial charge on any atom is 0.272 e. The zero-order chi connectivity index (χ0) is 26.7. The molecule has 0 bridgehead atoms. The van der Waals surface area contributed by atoms with Crippen molar-refractivity contribution in [3.8, 4) is 11.4 Å². The van der Waals surface area contributed by atoms with Crippen LogP contribution in [0, 0.1) is 18.7 Å². The number of aryl methyl sites for hydroxylation is 1. The fourth-order valence-corrected chi connectivity index (χ4v) is 6.70. The summed E-state index contributed by atoms with van der Waals surface area (Å²) in [5.74, 6) is 0.898. The van der Waals surface area contributed by atoms with E-state index in [1.165, 1.54) is 23.3 Å². The van der Waals surface area contributed by atoms with Crippen LogP contribution in [-0.2, 0) is 5.41 Å². The highest BCUT2D eigenvalue weighted by Gasteiger charge is 2.71. The summed E-state index contributed by atoms with van der Waals surface area (Å²) in [4.78, 5) is 19.8. The number of nitrogens with zero attached hydrogens (tertiary/aromatic N) is 4. The van der Waals surface area contributed by atoms with Gasteiger partial charge in [-0.25, -0.2) is 9.07 Å². The minimum absolute atomic E-state index is 0.0739. The van der Waals surface area contributed by atoms with E-state index >= 15 is 0 Å². The molecule has 194 valence electrons. The van der Waals surface area contributed by atoms with Gasteiger partial charge in [-0.05, 0) is 72.0 Å². The molecule has 3 heterocycles. The second kappa shape index (κ2) is 8.76. The van der Waals surface area contributed by atoms with Crippen LogP contribution < -0.4 is 4.74 Å². The molecule has 3 atom stereocenters. The first kappa shape index (κ1) is 23.6. The summed E-state index contributed by atoms with van der Waals surface area (Å²) in [5.41, 5.74) is 5.70. The Morgan fingerprint density at radius 2 is 1.85 bits per heavy atom. The molecule has 1 saturated carbocycles. The molecular formula is C32H27FN4O2. The molecule has 3 unspecified atom stereocenters. The van der Waals surface area contributed by atoms with Crippen LogP contribution in [-0.4, -0.2) is 45.8 Å². The average molecular weight is 519 g/mol. The van der Waals surface area contributed by atoms with E-state index in [4.69, 9.17) is 4.74 Å². The zero-order valence-electron chi connectivity index (χ0n) is 21.7. The van der Waals surface area contributed by atoms with E-state index in [0.717, 1.165) is 22.2 Å². The zero-order valence-corrected chi connectivity index (χ0v) is 21.7. The van der Waals surface area contributed by atoms with Crippen molar-refractivity contribution < 1.29 is 13.9 Å². The van der Waals surface area contributed by atoms with Gasteiger partial charge in [0.15, 0.2) is 0 Å². The van der Waals surface area contributed by atoms with E-state index < -0.39 is 0 Å². The van der Waals surface area contributed by atoms with Crippen LogP contribution in [0.1, 0.15) is 33.1 Å². The summed E-state index contributed by atoms with van der Waals surface area (Å²) in [7, 11) is 1.59. The highest BCUT2D eigenvalue weighted by Crippen LogP contribution is 2.69. The third kappa shape index (κ3) is 3.64.